The highest BCUT2D eigenvalue weighted by molar-refractivity contribution is 5.16. The van der Waals surface area contributed by atoms with E-state index in [1.54, 1.807) is 6.92 Å². The monoisotopic (exact) mass is 481 g/mol. The number of aliphatic hydroxyl groups is 3. The van der Waals surface area contributed by atoms with E-state index in [1.165, 1.54) is 0 Å². The van der Waals surface area contributed by atoms with Crippen molar-refractivity contribution in [2.24, 2.45) is 34.5 Å². The maximum Gasteiger partial charge on any atom is 0.207 e. The van der Waals surface area contributed by atoms with Crippen molar-refractivity contribution in [2.45, 2.75) is 121 Å². The Morgan fingerprint density at radius 2 is 1.79 bits per heavy atom. The molecule has 0 radical (unpaired) electrons. The van der Waals surface area contributed by atoms with Gasteiger partial charge in [0.05, 0.1) is 23.9 Å². The lowest BCUT2D eigenvalue weighted by Gasteiger charge is -2.63. The molecule has 4 aliphatic carbocycles. The van der Waals surface area contributed by atoms with Crippen LogP contribution in [0.1, 0.15) is 85.0 Å². The van der Waals surface area contributed by atoms with Crippen LogP contribution in [0, 0.1) is 44.6 Å². The van der Waals surface area contributed by atoms with Gasteiger partial charge in [0.15, 0.2) is 6.29 Å². The predicted octanol–water partition coefficient (Wildman–Crippen LogP) is 3.28. The summed E-state index contributed by atoms with van der Waals surface area (Å²) in [7, 11) is 0. The molecule has 4 saturated carbocycles. The molecular formula is C26H43NO7. The van der Waals surface area contributed by atoms with Crippen LogP contribution in [-0.2, 0) is 9.47 Å². The van der Waals surface area contributed by atoms with Crippen molar-refractivity contribution in [3.63, 3.8) is 0 Å². The first kappa shape index (κ1) is 24.9. The number of aliphatic hydroxyl groups excluding tert-OH is 2. The molecule has 1 heterocycles. The van der Waals surface area contributed by atoms with Gasteiger partial charge in [-0.25, -0.2) is 0 Å². The number of fused-ring (bicyclic) bond motifs is 5. The summed E-state index contributed by atoms with van der Waals surface area (Å²) >= 11 is 0. The normalized spacial score (nSPS) is 55.2. The molecule has 0 unspecified atom stereocenters. The summed E-state index contributed by atoms with van der Waals surface area (Å²) in [6, 6.07) is 0. The minimum atomic E-state index is -0.867. The van der Waals surface area contributed by atoms with E-state index in [2.05, 4.69) is 13.8 Å². The van der Waals surface area contributed by atoms with Crippen molar-refractivity contribution in [1.82, 2.24) is 0 Å². The van der Waals surface area contributed by atoms with Crippen LogP contribution in [0.4, 0.5) is 0 Å². The molecular weight excluding hydrogens is 438 g/mol. The standard InChI is InChI=1S/C26H43NO7/c1-15-23(29)21(28)13-22(33-15)34-18-7-9-24(2)16(12-18)4-5-20-19(24)8-10-25(3)17(14-27(31)32)6-11-26(20,25)30/h15-23,28-30H,4-14H2,1-3H3/t15-,16-,17-,18+,19+,20-,21+,22+,23-,24+,25-,26+/m1/s1. The Hall–Kier alpha value is -0.800. The highest BCUT2D eigenvalue weighted by atomic mass is 16.7. The molecule has 8 nitrogen and oxygen atoms in total. The molecule has 5 rings (SSSR count). The molecule has 0 aromatic carbocycles. The fraction of sp³-hybridized carbons (Fsp3) is 1.00. The van der Waals surface area contributed by atoms with Crippen LogP contribution in [0.5, 0.6) is 0 Å². The van der Waals surface area contributed by atoms with Gasteiger partial charge in [-0.05, 0) is 87.9 Å². The Bertz CT molecular complexity index is 783. The molecule has 5 aliphatic rings. The Morgan fingerprint density at radius 1 is 1.03 bits per heavy atom. The van der Waals surface area contributed by atoms with Gasteiger partial charge >= 0.3 is 0 Å². The second-order valence-electron chi connectivity index (χ2n) is 12.7. The number of nitro groups is 1. The van der Waals surface area contributed by atoms with Gasteiger partial charge in [-0.1, -0.05) is 13.8 Å². The van der Waals surface area contributed by atoms with Gasteiger partial charge < -0.3 is 24.8 Å². The molecule has 194 valence electrons. The Balaban J connectivity index is 1.27. The molecule has 34 heavy (non-hydrogen) atoms. The second kappa shape index (κ2) is 8.65. The molecule has 0 aromatic heterocycles. The molecule has 0 amide bonds. The Morgan fingerprint density at radius 3 is 2.50 bits per heavy atom. The lowest BCUT2D eigenvalue weighted by atomic mass is 9.43. The molecule has 8 heteroatoms. The smallest absolute Gasteiger partial charge is 0.207 e. The zero-order valence-corrected chi connectivity index (χ0v) is 20.9. The average Bonchev–Trinajstić information content (AvgIpc) is 3.03. The fourth-order valence-corrected chi connectivity index (χ4v) is 9.22. The first-order chi connectivity index (χ1) is 16.0. The molecule has 5 fully saturated rings. The van der Waals surface area contributed by atoms with Crippen molar-refractivity contribution >= 4 is 0 Å². The quantitative estimate of drug-likeness (QED) is 0.320. The van der Waals surface area contributed by atoms with E-state index in [4.69, 9.17) is 9.47 Å². The van der Waals surface area contributed by atoms with E-state index < -0.39 is 30.2 Å². The van der Waals surface area contributed by atoms with Crippen molar-refractivity contribution in [3.8, 4) is 0 Å². The summed E-state index contributed by atoms with van der Waals surface area (Å²) in [5.41, 5.74) is -0.996. The molecule has 0 aromatic rings. The minimum Gasteiger partial charge on any atom is -0.390 e. The molecule has 1 aliphatic heterocycles. The Kier molecular flexibility index (Phi) is 6.33. The van der Waals surface area contributed by atoms with Crippen LogP contribution >= 0.6 is 0 Å². The lowest BCUT2D eigenvalue weighted by Crippen LogP contribution is -2.62. The van der Waals surface area contributed by atoms with Crippen LogP contribution in [0.25, 0.3) is 0 Å². The number of nitrogens with zero attached hydrogens (tertiary/aromatic N) is 1. The minimum absolute atomic E-state index is 0.0251. The topological polar surface area (TPSA) is 122 Å². The van der Waals surface area contributed by atoms with Gasteiger partial charge in [-0.15, -0.1) is 0 Å². The summed E-state index contributed by atoms with van der Waals surface area (Å²) in [4.78, 5) is 11.1. The molecule has 0 bridgehead atoms. The highest BCUT2D eigenvalue weighted by Gasteiger charge is 2.67. The van der Waals surface area contributed by atoms with E-state index in [-0.39, 0.29) is 40.2 Å². The average molecular weight is 482 g/mol. The fourth-order valence-electron chi connectivity index (χ4n) is 9.22. The summed E-state index contributed by atoms with van der Waals surface area (Å²) in [5, 5.41) is 43.5. The van der Waals surface area contributed by atoms with Gasteiger partial charge in [0.2, 0.25) is 6.54 Å². The van der Waals surface area contributed by atoms with Crippen LogP contribution in [0.2, 0.25) is 0 Å². The van der Waals surface area contributed by atoms with Crippen molar-refractivity contribution in [1.29, 1.82) is 0 Å². The van der Waals surface area contributed by atoms with Crippen LogP contribution in [0.15, 0.2) is 0 Å². The summed E-state index contributed by atoms with van der Waals surface area (Å²) in [5.74, 6) is 1.16. The van der Waals surface area contributed by atoms with Crippen molar-refractivity contribution in [3.05, 3.63) is 10.1 Å². The van der Waals surface area contributed by atoms with Crippen LogP contribution in [0.3, 0.4) is 0 Å². The third-order valence-corrected chi connectivity index (χ3v) is 11.4. The maximum atomic E-state index is 12.1. The third-order valence-electron chi connectivity index (χ3n) is 11.4. The SMILES string of the molecule is C[C@H]1O[C@@H](O[C@H]2CC[C@@]3(C)[C@H](CC[C@@H]4[C@@H]3CC[C@]3(C)[C@@H](C[N+](=O)[O-])CC[C@]43O)C2)C[C@H](O)[C@@H]1O. The largest absolute Gasteiger partial charge is 0.390 e. The number of hydrogen-bond acceptors (Lipinski definition) is 7. The van der Waals surface area contributed by atoms with E-state index in [9.17, 15) is 25.4 Å². The number of hydrogen-bond donors (Lipinski definition) is 3. The van der Waals surface area contributed by atoms with Gasteiger partial charge in [0.25, 0.3) is 0 Å². The molecule has 3 N–H and O–H groups in total. The molecule has 0 spiro atoms. The van der Waals surface area contributed by atoms with Crippen molar-refractivity contribution < 1.29 is 29.7 Å². The number of ether oxygens (including phenoxy) is 2. The van der Waals surface area contributed by atoms with Gasteiger partial charge in [0, 0.05) is 22.7 Å². The van der Waals surface area contributed by atoms with E-state index >= 15 is 0 Å². The molecule has 1 saturated heterocycles. The highest BCUT2D eigenvalue weighted by Crippen LogP contribution is 2.69. The predicted molar refractivity (Wildman–Crippen MR) is 124 cm³/mol. The van der Waals surface area contributed by atoms with E-state index in [0.717, 1.165) is 51.4 Å². The van der Waals surface area contributed by atoms with E-state index in [1.807, 2.05) is 0 Å². The van der Waals surface area contributed by atoms with Crippen LogP contribution < -0.4 is 0 Å². The van der Waals surface area contributed by atoms with Crippen molar-refractivity contribution in [2.75, 3.05) is 6.54 Å². The Labute approximate surface area is 202 Å². The van der Waals surface area contributed by atoms with Gasteiger partial charge in [-0.2, -0.15) is 0 Å². The summed E-state index contributed by atoms with van der Waals surface area (Å²) in [6.45, 7) is 6.28. The zero-order chi connectivity index (χ0) is 24.5. The number of rotatable bonds is 4. The second-order valence-corrected chi connectivity index (χ2v) is 12.7. The van der Waals surface area contributed by atoms with Gasteiger partial charge in [0.1, 0.15) is 6.10 Å². The summed E-state index contributed by atoms with van der Waals surface area (Å²) in [6.07, 6.45) is 6.13. The van der Waals surface area contributed by atoms with Crippen LogP contribution in [-0.4, -0.2) is 63.1 Å². The third kappa shape index (κ3) is 3.74. The first-order valence-corrected chi connectivity index (χ1v) is 13.5. The van der Waals surface area contributed by atoms with Gasteiger partial charge in [-0.3, -0.25) is 10.1 Å². The molecule has 12 atom stereocenters. The summed E-state index contributed by atoms with van der Waals surface area (Å²) < 4.78 is 12.1. The van der Waals surface area contributed by atoms with E-state index in [0.29, 0.717) is 24.7 Å². The maximum absolute atomic E-state index is 12.1. The lowest BCUT2D eigenvalue weighted by molar-refractivity contribution is -0.492. The first-order valence-electron chi connectivity index (χ1n) is 13.5. The zero-order valence-electron chi connectivity index (χ0n) is 20.9.